The smallest absolute Gasteiger partial charge is 0.321 e. The van der Waals surface area contributed by atoms with Crippen molar-refractivity contribution >= 4 is 23.3 Å². The lowest BCUT2D eigenvalue weighted by Crippen LogP contribution is -2.35. The zero-order valence-corrected chi connectivity index (χ0v) is 14.9. The van der Waals surface area contributed by atoms with Crippen molar-refractivity contribution in [3.8, 4) is 0 Å². The van der Waals surface area contributed by atoms with Gasteiger partial charge in [0.1, 0.15) is 5.82 Å². The second kappa shape index (κ2) is 6.56. The van der Waals surface area contributed by atoms with Gasteiger partial charge in [0.25, 0.3) is 0 Å². The zero-order valence-electron chi connectivity index (χ0n) is 14.2. The summed E-state index contributed by atoms with van der Waals surface area (Å²) in [5.74, 6) is 0.185. The molecule has 6 heteroatoms. The molecule has 2 aromatic rings. The normalized spacial score (nSPS) is 27.4. The molecule has 2 atom stereocenters. The minimum absolute atomic E-state index is 0.146. The molecule has 2 aliphatic rings. The van der Waals surface area contributed by atoms with Crippen LogP contribution in [0.1, 0.15) is 18.4 Å². The third kappa shape index (κ3) is 3.29. The first-order chi connectivity index (χ1) is 12.4. The molecule has 26 heavy (non-hydrogen) atoms. The second-order valence-corrected chi connectivity index (χ2v) is 7.75. The Bertz CT molecular complexity index is 813. The Labute approximate surface area is 156 Å². The first-order valence-corrected chi connectivity index (χ1v) is 9.11. The molecule has 1 aliphatic heterocycles. The Kier molecular flexibility index (Phi) is 4.37. The number of carbonyl (C=O) groups excluding carboxylic acids is 1. The number of anilines is 1. The molecule has 4 rings (SSSR count). The number of amides is 2. The maximum atomic E-state index is 13.1. The molecule has 1 aliphatic carbocycles. The number of urea groups is 1. The van der Waals surface area contributed by atoms with E-state index in [0.717, 1.165) is 5.56 Å². The van der Waals surface area contributed by atoms with Gasteiger partial charge >= 0.3 is 6.03 Å². The Morgan fingerprint density at radius 1 is 1.15 bits per heavy atom. The third-order valence-corrected chi connectivity index (χ3v) is 5.76. The minimum Gasteiger partial charge on any atom is -0.385 e. The molecule has 2 amide bonds. The van der Waals surface area contributed by atoms with Crippen molar-refractivity contribution in [2.75, 3.05) is 18.4 Å². The topological polar surface area (TPSA) is 52.6 Å². The van der Waals surface area contributed by atoms with Crippen LogP contribution in [0, 0.1) is 17.7 Å². The van der Waals surface area contributed by atoms with Crippen LogP contribution >= 0.6 is 11.6 Å². The van der Waals surface area contributed by atoms with Gasteiger partial charge in [0.15, 0.2) is 0 Å². The molecule has 0 aromatic heterocycles. The summed E-state index contributed by atoms with van der Waals surface area (Å²) in [6, 6.07) is 13.0. The molecule has 1 heterocycles. The van der Waals surface area contributed by atoms with Crippen molar-refractivity contribution in [3.63, 3.8) is 0 Å². The molecule has 0 bridgehead atoms. The lowest BCUT2D eigenvalue weighted by Gasteiger charge is -2.26. The van der Waals surface area contributed by atoms with Gasteiger partial charge in [-0.1, -0.05) is 29.8 Å². The highest BCUT2D eigenvalue weighted by atomic mass is 35.5. The number of fused-ring (bicyclic) bond motifs is 1. The summed E-state index contributed by atoms with van der Waals surface area (Å²) >= 11 is 5.95. The number of nitrogens with zero attached hydrogens (tertiary/aromatic N) is 1. The van der Waals surface area contributed by atoms with Gasteiger partial charge < -0.3 is 15.3 Å². The molecular formula is C20H20ClFN2O2. The molecule has 2 N–H and O–H groups in total. The minimum atomic E-state index is -0.932. The van der Waals surface area contributed by atoms with E-state index in [2.05, 4.69) is 5.32 Å². The SMILES string of the molecule is O=C(Nc1cccc(Cl)c1)N1CC2CC(O)(c3ccc(F)cc3)CC2C1. The molecule has 2 fully saturated rings. The first-order valence-electron chi connectivity index (χ1n) is 8.73. The predicted molar refractivity (Wildman–Crippen MR) is 98.6 cm³/mol. The number of likely N-dealkylation sites (tertiary alicyclic amines) is 1. The van der Waals surface area contributed by atoms with E-state index in [0.29, 0.717) is 36.6 Å². The van der Waals surface area contributed by atoms with Gasteiger partial charge in [-0.15, -0.1) is 0 Å². The van der Waals surface area contributed by atoms with Crippen LogP contribution < -0.4 is 5.32 Å². The monoisotopic (exact) mass is 374 g/mol. The number of benzene rings is 2. The number of carbonyl (C=O) groups is 1. The molecule has 2 aromatic carbocycles. The van der Waals surface area contributed by atoms with Crippen LogP contribution in [0.5, 0.6) is 0 Å². The summed E-state index contributed by atoms with van der Waals surface area (Å²) in [5.41, 5.74) is 0.490. The number of hydrogen-bond donors (Lipinski definition) is 2. The lowest BCUT2D eigenvalue weighted by atomic mass is 9.90. The summed E-state index contributed by atoms with van der Waals surface area (Å²) in [4.78, 5) is 14.3. The van der Waals surface area contributed by atoms with E-state index in [-0.39, 0.29) is 23.7 Å². The number of rotatable bonds is 2. The van der Waals surface area contributed by atoms with E-state index in [4.69, 9.17) is 11.6 Å². The highest BCUT2D eigenvalue weighted by Crippen LogP contribution is 2.49. The largest absolute Gasteiger partial charge is 0.385 e. The molecule has 0 radical (unpaired) electrons. The lowest BCUT2D eigenvalue weighted by molar-refractivity contribution is 0.0328. The van der Waals surface area contributed by atoms with E-state index < -0.39 is 5.60 Å². The fourth-order valence-corrected chi connectivity index (χ4v) is 4.47. The average Bonchev–Trinajstić information content (AvgIpc) is 3.11. The van der Waals surface area contributed by atoms with Gasteiger partial charge in [-0.3, -0.25) is 0 Å². The quantitative estimate of drug-likeness (QED) is 0.826. The van der Waals surface area contributed by atoms with E-state index in [1.165, 1.54) is 12.1 Å². The third-order valence-electron chi connectivity index (χ3n) is 5.52. The maximum Gasteiger partial charge on any atom is 0.321 e. The van der Waals surface area contributed by atoms with Gasteiger partial charge in [-0.25, -0.2) is 9.18 Å². The average molecular weight is 375 g/mol. The van der Waals surface area contributed by atoms with Crippen molar-refractivity contribution in [1.82, 2.24) is 4.90 Å². The number of halogens is 2. The van der Waals surface area contributed by atoms with E-state index in [9.17, 15) is 14.3 Å². The van der Waals surface area contributed by atoms with Crippen LogP contribution in [0.4, 0.5) is 14.9 Å². The highest BCUT2D eigenvalue weighted by molar-refractivity contribution is 6.30. The van der Waals surface area contributed by atoms with E-state index >= 15 is 0 Å². The summed E-state index contributed by atoms with van der Waals surface area (Å²) in [6.45, 7) is 1.22. The van der Waals surface area contributed by atoms with Gasteiger partial charge in [0.05, 0.1) is 5.60 Å². The zero-order chi connectivity index (χ0) is 18.3. The Hall–Kier alpha value is -2.11. The molecule has 4 nitrogen and oxygen atoms in total. The van der Waals surface area contributed by atoms with Crippen LogP contribution in [0.25, 0.3) is 0 Å². The molecular weight excluding hydrogens is 355 g/mol. The van der Waals surface area contributed by atoms with Gasteiger partial charge in [-0.2, -0.15) is 0 Å². The summed E-state index contributed by atoms with van der Waals surface area (Å²) in [6.07, 6.45) is 1.18. The molecule has 136 valence electrons. The Morgan fingerprint density at radius 2 is 1.81 bits per heavy atom. The first kappa shape index (κ1) is 17.3. The fraction of sp³-hybridized carbons (Fsp3) is 0.350. The van der Waals surface area contributed by atoms with Gasteiger partial charge in [-0.05, 0) is 60.6 Å². The molecule has 1 saturated heterocycles. The second-order valence-electron chi connectivity index (χ2n) is 7.31. The van der Waals surface area contributed by atoms with Crippen molar-refractivity contribution < 1.29 is 14.3 Å². The summed E-state index contributed by atoms with van der Waals surface area (Å²) in [5, 5.41) is 14.4. The number of hydrogen-bond acceptors (Lipinski definition) is 2. The number of nitrogens with one attached hydrogen (secondary N) is 1. The highest BCUT2D eigenvalue weighted by Gasteiger charge is 2.49. The van der Waals surface area contributed by atoms with Crippen LogP contribution in [0.15, 0.2) is 48.5 Å². The summed E-state index contributed by atoms with van der Waals surface area (Å²) < 4.78 is 13.1. The molecule has 2 unspecified atom stereocenters. The molecule has 1 saturated carbocycles. The van der Waals surface area contributed by atoms with Crippen LogP contribution in [0.2, 0.25) is 5.02 Å². The Balaban J connectivity index is 1.40. The van der Waals surface area contributed by atoms with Gasteiger partial charge in [0.2, 0.25) is 0 Å². The van der Waals surface area contributed by atoms with Crippen molar-refractivity contribution in [2.45, 2.75) is 18.4 Å². The molecule has 0 spiro atoms. The Morgan fingerprint density at radius 3 is 2.42 bits per heavy atom. The standard InChI is InChI=1S/C20H20ClFN2O2/c21-16-2-1-3-18(8-16)23-19(25)24-11-13-9-20(26,10-14(13)12-24)15-4-6-17(22)7-5-15/h1-8,13-14,26H,9-12H2,(H,23,25). The van der Waals surface area contributed by atoms with E-state index in [1.54, 1.807) is 41.3 Å². The van der Waals surface area contributed by atoms with Crippen LogP contribution in [0.3, 0.4) is 0 Å². The van der Waals surface area contributed by atoms with Crippen LogP contribution in [-0.4, -0.2) is 29.1 Å². The van der Waals surface area contributed by atoms with Crippen molar-refractivity contribution in [2.24, 2.45) is 11.8 Å². The number of aliphatic hydroxyl groups is 1. The fourth-order valence-electron chi connectivity index (χ4n) is 4.28. The van der Waals surface area contributed by atoms with Gasteiger partial charge in [0, 0.05) is 23.8 Å². The van der Waals surface area contributed by atoms with E-state index in [1.807, 2.05) is 0 Å². The van der Waals surface area contributed by atoms with Crippen LogP contribution in [-0.2, 0) is 5.60 Å². The maximum absolute atomic E-state index is 13.1. The summed E-state index contributed by atoms with van der Waals surface area (Å²) in [7, 11) is 0. The van der Waals surface area contributed by atoms with Crippen molar-refractivity contribution in [3.05, 3.63) is 64.9 Å². The predicted octanol–water partition coefficient (Wildman–Crippen LogP) is 4.24. The van der Waals surface area contributed by atoms with Crippen molar-refractivity contribution in [1.29, 1.82) is 0 Å².